The van der Waals surface area contributed by atoms with Crippen molar-refractivity contribution in [3.8, 4) is 5.75 Å². The lowest BCUT2D eigenvalue weighted by atomic mass is 10.0. The van der Waals surface area contributed by atoms with Crippen molar-refractivity contribution in [2.75, 3.05) is 20.2 Å². The molecule has 0 bridgehead atoms. The molecular formula is C18H23BrN2O2. The summed E-state index contributed by atoms with van der Waals surface area (Å²) in [5.74, 6) is 0.473. The van der Waals surface area contributed by atoms with Crippen molar-refractivity contribution in [2.24, 2.45) is 0 Å². The molecule has 5 heteroatoms. The number of hydrogen-bond acceptors (Lipinski definition) is 3. The molecule has 124 valence electrons. The van der Waals surface area contributed by atoms with Crippen LogP contribution in [0.1, 0.15) is 31.1 Å². The molecular weight excluding hydrogens is 356 g/mol. The van der Waals surface area contributed by atoms with Crippen LogP contribution in [0.25, 0.3) is 10.8 Å². The number of nitrogens with zero attached hydrogens (tertiary/aromatic N) is 1. The summed E-state index contributed by atoms with van der Waals surface area (Å²) in [5, 5.41) is 5.00. The van der Waals surface area contributed by atoms with Gasteiger partial charge in [-0.3, -0.25) is 9.69 Å². The Morgan fingerprint density at radius 3 is 2.43 bits per heavy atom. The summed E-state index contributed by atoms with van der Waals surface area (Å²) < 4.78 is 6.42. The summed E-state index contributed by atoms with van der Waals surface area (Å²) in [6, 6.07) is 9.70. The number of halogens is 1. The van der Waals surface area contributed by atoms with E-state index < -0.39 is 0 Å². The molecule has 0 aromatic heterocycles. The topological polar surface area (TPSA) is 41.6 Å². The molecule has 0 heterocycles. The Hall–Kier alpha value is -1.59. The fraction of sp³-hybridized carbons (Fsp3) is 0.389. The van der Waals surface area contributed by atoms with Crippen molar-refractivity contribution in [3.63, 3.8) is 0 Å². The fourth-order valence-electron chi connectivity index (χ4n) is 2.82. The lowest BCUT2D eigenvalue weighted by Crippen LogP contribution is -2.46. The normalized spacial score (nSPS) is 12.4. The van der Waals surface area contributed by atoms with Crippen molar-refractivity contribution in [1.29, 1.82) is 0 Å². The van der Waals surface area contributed by atoms with E-state index in [2.05, 4.69) is 40.0 Å². The lowest BCUT2D eigenvalue weighted by molar-refractivity contribution is 0.0872. The summed E-state index contributed by atoms with van der Waals surface area (Å²) >= 11 is 3.56. The molecule has 1 amide bonds. The molecule has 1 N–H and O–H groups in total. The molecule has 23 heavy (non-hydrogen) atoms. The number of carbonyl (C=O) groups excluding carboxylic acids is 1. The van der Waals surface area contributed by atoms with Crippen LogP contribution in [0.2, 0.25) is 0 Å². The Morgan fingerprint density at radius 2 is 1.87 bits per heavy atom. The SMILES string of the molecule is CCN(CC)C(C)NC(=O)c1cc(Br)c2ccccc2c1OC. The van der Waals surface area contributed by atoms with Crippen LogP contribution in [0.15, 0.2) is 34.8 Å². The van der Waals surface area contributed by atoms with Crippen LogP contribution in [0.4, 0.5) is 0 Å². The maximum atomic E-state index is 12.7. The smallest absolute Gasteiger partial charge is 0.256 e. The number of fused-ring (bicyclic) bond motifs is 1. The van der Waals surface area contributed by atoms with Gasteiger partial charge >= 0.3 is 0 Å². The van der Waals surface area contributed by atoms with Crippen LogP contribution in [0.3, 0.4) is 0 Å². The van der Waals surface area contributed by atoms with Gasteiger partial charge in [-0.25, -0.2) is 0 Å². The predicted octanol–water partition coefficient (Wildman–Crippen LogP) is 4.03. The second kappa shape index (κ2) is 7.79. The average molecular weight is 379 g/mol. The molecule has 0 aliphatic heterocycles. The van der Waals surface area contributed by atoms with E-state index in [-0.39, 0.29) is 12.1 Å². The summed E-state index contributed by atoms with van der Waals surface area (Å²) in [4.78, 5) is 14.9. The molecule has 1 unspecified atom stereocenters. The summed E-state index contributed by atoms with van der Waals surface area (Å²) in [5.41, 5.74) is 0.539. The van der Waals surface area contributed by atoms with Crippen molar-refractivity contribution in [1.82, 2.24) is 10.2 Å². The maximum Gasteiger partial charge on any atom is 0.256 e. The van der Waals surface area contributed by atoms with E-state index in [1.807, 2.05) is 37.3 Å². The number of methoxy groups -OCH3 is 1. The van der Waals surface area contributed by atoms with E-state index in [4.69, 9.17) is 4.74 Å². The summed E-state index contributed by atoms with van der Waals surface area (Å²) in [7, 11) is 1.60. The second-order valence-corrected chi connectivity index (χ2v) is 6.21. The number of hydrogen-bond donors (Lipinski definition) is 1. The standard InChI is InChI=1S/C18H23BrN2O2/c1-5-21(6-2)12(3)20-18(22)15-11-16(19)13-9-7-8-10-14(13)17(15)23-4/h7-12H,5-6H2,1-4H3,(H,20,22). The van der Waals surface area contributed by atoms with E-state index in [1.165, 1.54) is 0 Å². The minimum absolute atomic E-state index is 0.0348. The van der Waals surface area contributed by atoms with Gasteiger partial charge in [0, 0.05) is 9.86 Å². The molecule has 0 fully saturated rings. The first-order chi connectivity index (χ1) is 11.0. The molecule has 0 saturated heterocycles. The van der Waals surface area contributed by atoms with Crippen LogP contribution >= 0.6 is 15.9 Å². The van der Waals surface area contributed by atoms with Gasteiger partial charge in [0.05, 0.1) is 18.8 Å². The average Bonchev–Trinajstić information content (AvgIpc) is 2.56. The van der Waals surface area contributed by atoms with Gasteiger partial charge in [-0.05, 0) is 31.5 Å². The van der Waals surface area contributed by atoms with Gasteiger partial charge in [-0.1, -0.05) is 54.0 Å². The third kappa shape index (κ3) is 3.67. The van der Waals surface area contributed by atoms with Gasteiger partial charge in [0.15, 0.2) is 0 Å². The molecule has 0 radical (unpaired) electrons. The molecule has 2 aromatic rings. The number of amides is 1. The monoisotopic (exact) mass is 378 g/mol. The second-order valence-electron chi connectivity index (χ2n) is 5.36. The van der Waals surface area contributed by atoms with Crippen molar-refractivity contribution < 1.29 is 9.53 Å². The predicted molar refractivity (Wildman–Crippen MR) is 98.0 cm³/mol. The van der Waals surface area contributed by atoms with Gasteiger partial charge in [-0.15, -0.1) is 0 Å². The first-order valence-corrected chi connectivity index (χ1v) is 8.62. The molecule has 0 aliphatic rings. The van der Waals surface area contributed by atoms with Crippen LogP contribution in [-0.2, 0) is 0 Å². The number of rotatable bonds is 6. The zero-order valence-corrected chi connectivity index (χ0v) is 15.6. The number of nitrogens with one attached hydrogen (secondary N) is 1. The molecule has 2 aromatic carbocycles. The number of ether oxygens (including phenoxy) is 1. The summed E-state index contributed by atoms with van der Waals surface area (Å²) in [6.07, 6.45) is -0.0348. The van der Waals surface area contributed by atoms with Crippen molar-refractivity contribution in [3.05, 3.63) is 40.4 Å². The molecule has 0 aliphatic carbocycles. The van der Waals surface area contributed by atoms with Crippen LogP contribution in [-0.4, -0.2) is 37.2 Å². The van der Waals surface area contributed by atoms with Crippen molar-refractivity contribution >= 4 is 32.6 Å². The fourth-order valence-corrected chi connectivity index (χ4v) is 3.40. The zero-order chi connectivity index (χ0) is 17.0. The van der Waals surface area contributed by atoms with Gasteiger partial charge in [0.2, 0.25) is 0 Å². The summed E-state index contributed by atoms with van der Waals surface area (Å²) in [6.45, 7) is 7.93. The minimum Gasteiger partial charge on any atom is -0.495 e. The lowest BCUT2D eigenvalue weighted by Gasteiger charge is -2.27. The van der Waals surface area contributed by atoms with Crippen LogP contribution in [0, 0.1) is 0 Å². The number of carbonyl (C=O) groups is 1. The minimum atomic E-state index is -0.132. The third-order valence-corrected chi connectivity index (χ3v) is 4.75. The first kappa shape index (κ1) is 17.8. The Kier molecular flexibility index (Phi) is 6.02. The van der Waals surface area contributed by atoms with E-state index in [1.54, 1.807) is 7.11 Å². The highest BCUT2D eigenvalue weighted by Gasteiger charge is 2.20. The van der Waals surface area contributed by atoms with Gasteiger partial charge in [0.1, 0.15) is 5.75 Å². The Morgan fingerprint density at radius 1 is 1.26 bits per heavy atom. The first-order valence-electron chi connectivity index (χ1n) is 7.83. The highest BCUT2D eigenvalue weighted by atomic mass is 79.9. The van der Waals surface area contributed by atoms with E-state index >= 15 is 0 Å². The van der Waals surface area contributed by atoms with Gasteiger partial charge in [-0.2, -0.15) is 0 Å². The van der Waals surface area contributed by atoms with Gasteiger partial charge in [0.25, 0.3) is 5.91 Å². The Balaban J connectivity index is 2.41. The number of benzene rings is 2. The quantitative estimate of drug-likeness (QED) is 0.771. The van der Waals surface area contributed by atoms with Crippen molar-refractivity contribution in [2.45, 2.75) is 26.9 Å². The Labute approximate surface area is 145 Å². The van der Waals surface area contributed by atoms with E-state index in [0.717, 1.165) is 28.3 Å². The largest absolute Gasteiger partial charge is 0.495 e. The molecule has 2 rings (SSSR count). The third-order valence-electron chi connectivity index (χ3n) is 4.09. The van der Waals surface area contributed by atoms with E-state index in [0.29, 0.717) is 11.3 Å². The van der Waals surface area contributed by atoms with Gasteiger partial charge < -0.3 is 10.1 Å². The van der Waals surface area contributed by atoms with Crippen LogP contribution in [0.5, 0.6) is 5.75 Å². The van der Waals surface area contributed by atoms with Crippen LogP contribution < -0.4 is 10.1 Å². The van der Waals surface area contributed by atoms with E-state index in [9.17, 15) is 4.79 Å². The molecule has 0 spiro atoms. The Bertz CT molecular complexity index is 699. The highest BCUT2D eigenvalue weighted by molar-refractivity contribution is 9.10. The zero-order valence-electron chi connectivity index (χ0n) is 14.0. The highest BCUT2D eigenvalue weighted by Crippen LogP contribution is 2.35. The molecule has 1 atom stereocenters. The molecule has 4 nitrogen and oxygen atoms in total. The molecule has 0 saturated carbocycles. The maximum absolute atomic E-state index is 12.7.